The molecule has 0 aromatic carbocycles. The Bertz CT molecular complexity index is 955. The Kier molecular flexibility index (Phi) is 4.87. The van der Waals surface area contributed by atoms with Crippen molar-refractivity contribution in [1.29, 1.82) is 0 Å². The highest BCUT2D eigenvalue weighted by molar-refractivity contribution is 6.08. The van der Waals surface area contributed by atoms with Crippen LogP contribution in [-0.4, -0.2) is 59.0 Å². The van der Waals surface area contributed by atoms with Crippen molar-refractivity contribution < 1.29 is 33.5 Å². The molecule has 2 saturated carbocycles. The van der Waals surface area contributed by atoms with Crippen LogP contribution in [0.1, 0.15) is 19.8 Å². The number of amides is 4. The molecule has 1 heterocycles. The van der Waals surface area contributed by atoms with E-state index in [0.29, 0.717) is 0 Å². The summed E-state index contributed by atoms with van der Waals surface area (Å²) in [6, 6.07) is 0. The van der Waals surface area contributed by atoms with Crippen LogP contribution < -0.4 is 0 Å². The molecule has 5 rings (SSSR count). The highest BCUT2D eigenvalue weighted by Gasteiger charge is 2.59. The van der Waals surface area contributed by atoms with Gasteiger partial charge >= 0.3 is 11.9 Å². The molecule has 0 spiro atoms. The Morgan fingerprint density at radius 1 is 0.969 bits per heavy atom. The highest BCUT2D eigenvalue weighted by atomic mass is 16.6. The molecule has 0 aromatic heterocycles. The van der Waals surface area contributed by atoms with E-state index in [1.54, 1.807) is 0 Å². The molecule has 4 aliphatic carbocycles. The van der Waals surface area contributed by atoms with Crippen molar-refractivity contribution in [2.45, 2.75) is 19.8 Å². The van der Waals surface area contributed by atoms with Crippen molar-refractivity contribution in [3.8, 4) is 0 Å². The number of carbonyl (C=O) groups is 6. The molecule has 3 fully saturated rings. The lowest BCUT2D eigenvalue weighted by atomic mass is 9.83. The fourth-order valence-electron chi connectivity index (χ4n) is 6.42. The summed E-state index contributed by atoms with van der Waals surface area (Å²) >= 11 is 0. The van der Waals surface area contributed by atoms with Crippen molar-refractivity contribution in [1.82, 2.24) is 9.80 Å². The second kappa shape index (κ2) is 7.50. The first-order chi connectivity index (χ1) is 15.3. The standard InChI is InChI=1S/C23H24N2O7/c1-11-12-2-3-13(6-12)18(11)21(29)24(10-26)8-16(27)32-17(28)9-25-22(30)19-14-4-5-15(7-14)20(19)23(25)31/h2-5,10-15,18-20H,6-9H2,1H3. The Morgan fingerprint density at radius 3 is 2.09 bits per heavy atom. The summed E-state index contributed by atoms with van der Waals surface area (Å²) in [5.74, 6) is -4.29. The molecule has 0 N–H and O–H groups in total. The SMILES string of the molecule is CC1C2C=CC(C2)C1C(=O)N(C=O)CC(=O)OC(=O)CN1C(=O)C2C3C=CC(C3)C2C1=O. The summed E-state index contributed by atoms with van der Waals surface area (Å²) in [5.41, 5.74) is 0. The summed E-state index contributed by atoms with van der Waals surface area (Å²) in [6.45, 7) is 0.599. The van der Waals surface area contributed by atoms with E-state index in [0.717, 1.165) is 22.6 Å². The zero-order valence-electron chi connectivity index (χ0n) is 17.6. The van der Waals surface area contributed by atoms with Gasteiger partial charge in [0.1, 0.15) is 13.1 Å². The molecule has 168 valence electrons. The van der Waals surface area contributed by atoms with Crippen LogP contribution in [0.5, 0.6) is 0 Å². The van der Waals surface area contributed by atoms with Gasteiger partial charge in [-0.3, -0.25) is 29.0 Å². The molecular formula is C23H24N2O7. The smallest absolute Gasteiger partial charge is 0.333 e. The Balaban J connectivity index is 1.16. The van der Waals surface area contributed by atoms with Gasteiger partial charge in [0.25, 0.3) is 0 Å². The normalized spacial score (nSPS) is 37.8. The van der Waals surface area contributed by atoms with Gasteiger partial charge in [-0.1, -0.05) is 31.2 Å². The van der Waals surface area contributed by atoms with Gasteiger partial charge in [-0.25, -0.2) is 9.59 Å². The molecule has 1 aliphatic heterocycles. The van der Waals surface area contributed by atoms with Crippen LogP contribution in [0, 0.1) is 47.3 Å². The maximum Gasteiger partial charge on any atom is 0.333 e. The highest BCUT2D eigenvalue weighted by Crippen LogP contribution is 2.52. The molecule has 4 bridgehead atoms. The van der Waals surface area contributed by atoms with Gasteiger partial charge in [0, 0.05) is 5.92 Å². The van der Waals surface area contributed by atoms with Gasteiger partial charge in [0.2, 0.25) is 24.1 Å². The van der Waals surface area contributed by atoms with Gasteiger partial charge < -0.3 is 4.74 Å². The van der Waals surface area contributed by atoms with Crippen LogP contribution in [0.25, 0.3) is 0 Å². The summed E-state index contributed by atoms with van der Waals surface area (Å²) < 4.78 is 4.73. The van der Waals surface area contributed by atoms with Crippen molar-refractivity contribution in [2.24, 2.45) is 47.3 Å². The number of hydrogen-bond donors (Lipinski definition) is 0. The van der Waals surface area contributed by atoms with Crippen LogP contribution >= 0.6 is 0 Å². The first-order valence-electron chi connectivity index (χ1n) is 11.0. The number of nitrogens with zero attached hydrogens (tertiary/aromatic N) is 2. The maximum atomic E-state index is 12.8. The lowest BCUT2D eigenvalue weighted by Crippen LogP contribution is -2.43. The average Bonchev–Trinajstić information content (AvgIpc) is 3.56. The minimum Gasteiger partial charge on any atom is -0.390 e. The predicted octanol–water partition coefficient (Wildman–Crippen LogP) is 0.306. The van der Waals surface area contributed by atoms with E-state index in [1.165, 1.54) is 0 Å². The van der Waals surface area contributed by atoms with E-state index in [9.17, 15) is 28.8 Å². The molecule has 8 atom stereocenters. The maximum absolute atomic E-state index is 12.8. The lowest BCUT2D eigenvalue weighted by molar-refractivity contribution is -0.166. The third kappa shape index (κ3) is 3.05. The predicted molar refractivity (Wildman–Crippen MR) is 107 cm³/mol. The average molecular weight is 440 g/mol. The van der Waals surface area contributed by atoms with Gasteiger partial charge in [-0.2, -0.15) is 0 Å². The molecule has 9 nitrogen and oxygen atoms in total. The lowest BCUT2D eigenvalue weighted by Gasteiger charge is -2.27. The van der Waals surface area contributed by atoms with Crippen LogP contribution in [0.15, 0.2) is 24.3 Å². The zero-order valence-corrected chi connectivity index (χ0v) is 17.6. The van der Waals surface area contributed by atoms with E-state index >= 15 is 0 Å². The number of carbonyl (C=O) groups excluding carboxylic acids is 6. The fraction of sp³-hybridized carbons (Fsp3) is 0.565. The molecule has 9 heteroatoms. The molecule has 5 aliphatic rings. The van der Waals surface area contributed by atoms with Crippen LogP contribution in [0.2, 0.25) is 0 Å². The van der Waals surface area contributed by atoms with Crippen molar-refractivity contribution >= 4 is 36.1 Å². The summed E-state index contributed by atoms with van der Waals surface area (Å²) in [5, 5.41) is 0. The van der Waals surface area contributed by atoms with Crippen molar-refractivity contribution in [3.05, 3.63) is 24.3 Å². The van der Waals surface area contributed by atoms with Crippen LogP contribution in [-0.2, 0) is 33.5 Å². The Hall–Kier alpha value is -3.10. The first-order valence-corrected chi connectivity index (χ1v) is 11.0. The number of allylic oxidation sites excluding steroid dienone is 4. The van der Waals surface area contributed by atoms with Crippen molar-refractivity contribution in [3.63, 3.8) is 0 Å². The van der Waals surface area contributed by atoms with E-state index < -0.39 is 54.6 Å². The second-order valence-corrected chi connectivity index (χ2v) is 9.51. The van der Waals surface area contributed by atoms with E-state index in [2.05, 4.69) is 6.08 Å². The Morgan fingerprint density at radius 2 is 1.53 bits per heavy atom. The molecule has 0 radical (unpaired) electrons. The summed E-state index contributed by atoms with van der Waals surface area (Å²) in [7, 11) is 0. The minimum absolute atomic E-state index is 0.0133. The third-order valence-electron chi connectivity index (χ3n) is 7.92. The quantitative estimate of drug-likeness (QED) is 0.192. The van der Waals surface area contributed by atoms with E-state index in [1.807, 2.05) is 25.2 Å². The third-order valence-corrected chi connectivity index (χ3v) is 7.92. The molecule has 1 saturated heterocycles. The van der Waals surface area contributed by atoms with Crippen LogP contribution in [0.4, 0.5) is 0 Å². The summed E-state index contributed by atoms with van der Waals surface area (Å²) in [4.78, 5) is 75.6. The molecule has 4 amide bonds. The number of ether oxygens (including phenoxy) is 1. The summed E-state index contributed by atoms with van der Waals surface area (Å²) in [6.07, 6.45) is 9.84. The monoisotopic (exact) mass is 440 g/mol. The number of rotatable bonds is 6. The number of fused-ring (bicyclic) bond motifs is 7. The fourth-order valence-corrected chi connectivity index (χ4v) is 6.42. The zero-order chi connectivity index (χ0) is 22.7. The Labute approximate surface area is 184 Å². The molecular weight excluding hydrogens is 416 g/mol. The van der Waals surface area contributed by atoms with E-state index in [-0.39, 0.29) is 41.9 Å². The second-order valence-electron chi connectivity index (χ2n) is 9.51. The van der Waals surface area contributed by atoms with Gasteiger partial charge in [-0.05, 0) is 42.4 Å². The molecule has 8 unspecified atom stereocenters. The van der Waals surface area contributed by atoms with Gasteiger partial charge in [-0.15, -0.1) is 0 Å². The number of hydrogen-bond acceptors (Lipinski definition) is 7. The van der Waals surface area contributed by atoms with Crippen molar-refractivity contribution in [2.75, 3.05) is 13.1 Å². The molecule has 32 heavy (non-hydrogen) atoms. The molecule has 0 aromatic rings. The number of esters is 2. The van der Waals surface area contributed by atoms with Gasteiger partial charge in [0.15, 0.2) is 0 Å². The first kappa shape index (κ1) is 20.8. The number of likely N-dealkylation sites (tertiary alicyclic amines) is 1. The van der Waals surface area contributed by atoms with Crippen LogP contribution in [0.3, 0.4) is 0 Å². The van der Waals surface area contributed by atoms with E-state index in [4.69, 9.17) is 4.74 Å². The number of imide groups is 2. The topological polar surface area (TPSA) is 118 Å². The largest absolute Gasteiger partial charge is 0.390 e. The minimum atomic E-state index is -1.08. The van der Waals surface area contributed by atoms with Gasteiger partial charge in [0.05, 0.1) is 11.8 Å².